The molecule has 1 aromatic carbocycles. The normalized spacial score (nSPS) is 15.6. The van der Waals surface area contributed by atoms with Crippen molar-refractivity contribution in [2.24, 2.45) is 5.92 Å². The van der Waals surface area contributed by atoms with Gasteiger partial charge < -0.3 is 4.90 Å². The molecule has 0 spiro atoms. The van der Waals surface area contributed by atoms with E-state index in [9.17, 15) is 9.59 Å². The number of rotatable bonds is 6. The Balaban J connectivity index is 1.78. The largest absolute Gasteiger partial charge is 0.302 e. The fourth-order valence-electron chi connectivity index (χ4n) is 2.31. The van der Waals surface area contributed by atoms with E-state index in [0.717, 1.165) is 12.8 Å². The maximum Gasteiger partial charge on any atom is 0.241 e. The SMILES string of the molecule is CN(C)[C@H](CCC(=O)NNC(=O)C1CC1)c1ccccc1. The van der Waals surface area contributed by atoms with Gasteiger partial charge in [0.15, 0.2) is 0 Å². The van der Waals surface area contributed by atoms with E-state index in [4.69, 9.17) is 0 Å². The van der Waals surface area contributed by atoms with Crippen molar-refractivity contribution < 1.29 is 9.59 Å². The summed E-state index contributed by atoms with van der Waals surface area (Å²) < 4.78 is 0. The third kappa shape index (κ3) is 4.86. The fraction of sp³-hybridized carbons (Fsp3) is 0.500. The van der Waals surface area contributed by atoms with E-state index in [1.807, 2.05) is 32.3 Å². The number of benzene rings is 1. The lowest BCUT2D eigenvalue weighted by molar-refractivity contribution is -0.129. The summed E-state index contributed by atoms with van der Waals surface area (Å²) in [6, 6.07) is 10.3. The highest BCUT2D eigenvalue weighted by Crippen LogP contribution is 2.28. The van der Waals surface area contributed by atoms with Crippen LogP contribution in [-0.4, -0.2) is 30.8 Å². The zero-order valence-electron chi connectivity index (χ0n) is 12.6. The summed E-state index contributed by atoms with van der Waals surface area (Å²) in [5.41, 5.74) is 6.17. The molecule has 1 saturated carbocycles. The van der Waals surface area contributed by atoms with Gasteiger partial charge >= 0.3 is 0 Å². The van der Waals surface area contributed by atoms with Crippen molar-refractivity contribution in [2.75, 3.05) is 14.1 Å². The molecule has 2 amide bonds. The van der Waals surface area contributed by atoms with Gasteiger partial charge in [-0.1, -0.05) is 30.3 Å². The Hall–Kier alpha value is -1.88. The minimum Gasteiger partial charge on any atom is -0.302 e. The van der Waals surface area contributed by atoms with Crippen molar-refractivity contribution in [3.8, 4) is 0 Å². The first-order valence-electron chi connectivity index (χ1n) is 7.38. The van der Waals surface area contributed by atoms with Gasteiger partial charge in [0.25, 0.3) is 0 Å². The quantitative estimate of drug-likeness (QED) is 0.782. The number of hydrazine groups is 1. The molecule has 1 fully saturated rings. The molecule has 0 unspecified atom stereocenters. The maximum absolute atomic E-state index is 11.8. The Morgan fingerprint density at radius 3 is 2.43 bits per heavy atom. The predicted octanol–water partition coefficient (Wildman–Crippen LogP) is 1.63. The van der Waals surface area contributed by atoms with E-state index in [-0.39, 0.29) is 23.8 Å². The topological polar surface area (TPSA) is 61.4 Å². The minimum absolute atomic E-state index is 0.0735. The highest BCUT2D eigenvalue weighted by molar-refractivity contribution is 5.84. The number of carbonyl (C=O) groups excluding carboxylic acids is 2. The second-order valence-electron chi connectivity index (χ2n) is 5.74. The van der Waals surface area contributed by atoms with Crippen LogP contribution in [0.4, 0.5) is 0 Å². The van der Waals surface area contributed by atoms with Crippen molar-refractivity contribution in [1.29, 1.82) is 0 Å². The van der Waals surface area contributed by atoms with Gasteiger partial charge in [-0.15, -0.1) is 0 Å². The molecule has 2 rings (SSSR count). The van der Waals surface area contributed by atoms with Gasteiger partial charge in [0.05, 0.1) is 0 Å². The monoisotopic (exact) mass is 289 g/mol. The third-order valence-corrected chi connectivity index (χ3v) is 3.73. The highest BCUT2D eigenvalue weighted by Gasteiger charge is 2.29. The summed E-state index contributed by atoms with van der Waals surface area (Å²) in [5, 5.41) is 0. The van der Waals surface area contributed by atoms with Crippen LogP contribution in [0.2, 0.25) is 0 Å². The number of carbonyl (C=O) groups is 2. The first kappa shape index (κ1) is 15.5. The Kier molecular flexibility index (Phi) is 5.33. The van der Waals surface area contributed by atoms with Crippen molar-refractivity contribution in [3.05, 3.63) is 35.9 Å². The predicted molar refractivity (Wildman–Crippen MR) is 81.1 cm³/mol. The Labute approximate surface area is 125 Å². The summed E-state index contributed by atoms with van der Waals surface area (Å²) in [6.45, 7) is 0. The van der Waals surface area contributed by atoms with Crippen LogP contribution in [0.3, 0.4) is 0 Å². The van der Waals surface area contributed by atoms with E-state index < -0.39 is 0 Å². The van der Waals surface area contributed by atoms with Crippen molar-refractivity contribution in [1.82, 2.24) is 15.8 Å². The zero-order chi connectivity index (χ0) is 15.2. The van der Waals surface area contributed by atoms with Gasteiger partial charge in [-0.25, -0.2) is 0 Å². The summed E-state index contributed by atoms with van der Waals surface area (Å²) in [7, 11) is 4.01. The molecule has 0 heterocycles. The number of nitrogens with one attached hydrogen (secondary N) is 2. The first-order valence-corrected chi connectivity index (χ1v) is 7.38. The zero-order valence-corrected chi connectivity index (χ0v) is 12.6. The molecule has 0 aliphatic heterocycles. The molecule has 2 N–H and O–H groups in total. The lowest BCUT2D eigenvalue weighted by Gasteiger charge is -2.24. The molecule has 0 bridgehead atoms. The molecule has 0 aromatic heterocycles. The number of nitrogens with zero attached hydrogens (tertiary/aromatic N) is 1. The first-order chi connectivity index (χ1) is 10.1. The molecule has 21 heavy (non-hydrogen) atoms. The average molecular weight is 289 g/mol. The molecular formula is C16H23N3O2. The molecule has 1 aliphatic carbocycles. The van der Waals surface area contributed by atoms with Gasteiger partial charge in [0.1, 0.15) is 0 Å². The average Bonchev–Trinajstić information content (AvgIpc) is 3.30. The number of hydrogen-bond donors (Lipinski definition) is 2. The van der Waals surface area contributed by atoms with Crippen LogP contribution in [0.15, 0.2) is 30.3 Å². The van der Waals surface area contributed by atoms with Crippen LogP contribution < -0.4 is 10.9 Å². The van der Waals surface area contributed by atoms with Crippen LogP contribution in [0.5, 0.6) is 0 Å². The molecule has 5 heteroatoms. The summed E-state index contributed by atoms with van der Waals surface area (Å²) in [4.78, 5) is 25.4. The van der Waals surface area contributed by atoms with Crippen molar-refractivity contribution in [3.63, 3.8) is 0 Å². The van der Waals surface area contributed by atoms with Crippen molar-refractivity contribution >= 4 is 11.8 Å². The van der Waals surface area contributed by atoms with E-state index in [1.54, 1.807) is 0 Å². The second-order valence-corrected chi connectivity index (χ2v) is 5.74. The minimum atomic E-state index is -0.146. The van der Waals surface area contributed by atoms with Crippen molar-refractivity contribution in [2.45, 2.75) is 31.7 Å². The summed E-state index contributed by atoms with van der Waals surface area (Å²) in [6.07, 6.45) is 2.95. The molecule has 1 aliphatic rings. The summed E-state index contributed by atoms with van der Waals surface area (Å²) >= 11 is 0. The number of hydrogen-bond acceptors (Lipinski definition) is 3. The smallest absolute Gasteiger partial charge is 0.241 e. The van der Waals surface area contributed by atoms with Gasteiger partial charge in [-0.2, -0.15) is 0 Å². The fourth-order valence-corrected chi connectivity index (χ4v) is 2.31. The third-order valence-electron chi connectivity index (χ3n) is 3.73. The lowest BCUT2D eigenvalue weighted by Crippen LogP contribution is -2.42. The second kappa shape index (κ2) is 7.22. The molecule has 0 saturated heterocycles. The van der Waals surface area contributed by atoms with Crippen LogP contribution in [0.25, 0.3) is 0 Å². The van der Waals surface area contributed by atoms with E-state index in [2.05, 4.69) is 27.9 Å². The molecule has 1 atom stereocenters. The molecule has 0 radical (unpaired) electrons. The molecule has 1 aromatic rings. The maximum atomic E-state index is 11.8. The Morgan fingerprint density at radius 1 is 1.19 bits per heavy atom. The molecule has 114 valence electrons. The van der Waals surface area contributed by atoms with E-state index in [0.29, 0.717) is 12.8 Å². The van der Waals surface area contributed by atoms with Crippen LogP contribution in [0, 0.1) is 5.92 Å². The van der Waals surface area contributed by atoms with Gasteiger partial charge in [-0.05, 0) is 38.9 Å². The number of amides is 2. The van der Waals surface area contributed by atoms with E-state index in [1.165, 1.54) is 5.56 Å². The van der Waals surface area contributed by atoms with Gasteiger partial charge in [-0.3, -0.25) is 20.4 Å². The van der Waals surface area contributed by atoms with Gasteiger partial charge in [0.2, 0.25) is 11.8 Å². The van der Waals surface area contributed by atoms with E-state index >= 15 is 0 Å². The molecular weight excluding hydrogens is 266 g/mol. The van der Waals surface area contributed by atoms with Crippen LogP contribution in [-0.2, 0) is 9.59 Å². The Morgan fingerprint density at radius 2 is 1.86 bits per heavy atom. The standard InChI is InChI=1S/C16H23N3O2/c1-19(2)14(12-6-4-3-5-7-12)10-11-15(20)17-18-16(21)13-8-9-13/h3-7,13-14H,8-11H2,1-2H3,(H,17,20)(H,18,21)/t14-/m1/s1. The lowest BCUT2D eigenvalue weighted by atomic mass is 10.0. The highest BCUT2D eigenvalue weighted by atomic mass is 16.2. The molecule has 5 nitrogen and oxygen atoms in total. The van der Waals surface area contributed by atoms with Crippen LogP contribution >= 0.6 is 0 Å². The Bertz CT molecular complexity index is 484. The van der Waals surface area contributed by atoms with Gasteiger partial charge in [0, 0.05) is 18.4 Å². The summed E-state index contributed by atoms with van der Waals surface area (Å²) in [5.74, 6) is -0.119. The van der Waals surface area contributed by atoms with Crippen LogP contribution in [0.1, 0.15) is 37.3 Å².